The van der Waals surface area contributed by atoms with Crippen LogP contribution in [-0.4, -0.2) is 36.5 Å². The zero-order valence-electron chi connectivity index (χ0n) is 14.2. The van der Waals surface area contributed by atoms with Crippen LogP contribution in [0.5, 0.6) is 0 Å². The van der Waals surface area contributed by atoms with Crippen LogP contribution < -0.4 is 10.6 Å². The molecule has 0 saturated carbocycles. The van der Waals surface area contributed by atoms with E-state index in [0.717, 1.165) is 34.6 Å². The number of fused-ring (bicyclic) bond motifs is 2. The highest BCUT2D eigenvalue weighted by molar-refractivity contribution is 14.0. The number of pyridine rings is 1. The van der Waals surface area contributed by atoms with Gasteiger partial charge < -0.3 is 10.6 Å². The summed E-state index contributed by atoms with van der Waals surface area (Å²) in [5.41, 5.74) is 1.77. The lowest BCUT2D eigenvalue weighted by atomic mass is 10.4. The summed E-state index contributed by atoms with van der Waals surface area (Å²) in [6.45, 7) is 3.88. The monoisotopic (exact) mass is 482 g/mol. The molecule has 136 valence electrons. The molecule has 10 heteroatoms. The topological polar surface area (TPSA) is 83.9 Å². The summed E-state index contributed by atoms with van der Waals surface area (Å²) in [7, 11) is 0. The Hall–Kier alpha value is -2.21. The van der Waals surface area contributed by atoms with Crippen LogP contribution in [0.1, 0.15) is 18.4 Å². The summed E-state index contributed by atoms with van der Waals surface area (Å²) >= 11 is 1.62. The SMILES string of the molecule is CCNC(=NCc1cn2ccsc2n1)NCc1nnc2ccccn12.I. The van der Waals surface area contributed by atoms with E-state index in [2.05, 4.69) is 30.8 Å². The standard InChI is InChI=1S/C16H18N8S.HI/c1-2-17-15(18-9-12-11-23-7-8-25-16(23)20-12)19-10-14-22-21-13-5-3-4-6-24(13)14;/h3-8,11H,2,9-10H2,1H3,(H2,17,18,19);1H. The predicted octanol–water partition coefficient (Wildman–Crippen LogP) is 2.31. The molecule has 0 bridgehead atoms. The van der Waals surface area contributed by atoms with Crippen molar-refractivity contribution < 1.29 is 0 Å². The van der Waals surface area contributed by atoms with Gasteiger partial charge in [0, 0.05) is 30.5 Å². The summed E-state index contributed by atoms with van der Waals surface area (Å²) in [6, 6.07) is 5.84. The molecule has 0 unspecified atom stereocenters. The van der Waals surface area contributed by atoms with E-state index in [-0.39, 0.29) is 24.0 Å². The number of thiazole rings is 1. The zero-order valence-corrected chi connectivity index (χ0v) is 17.3. The van der Waals surface area contributed by atoms with Gasteiger partial charge in [0.1, 0.15) is 0 Å². The largest absolute Gasteiger partial charge is 0.357 e. The molecule has 0 radical (unpaired) electrons. The van der Waals surface area contributed by atoms with Crippen LogP contribution in [-0.2, 0) is 13.1 Å². The van der Waals surface area contributed by atoms with Crippen molar-refractivity contribution in [1.82, 2.24) is 34.6 Å². The minimum absolute atomic E-state index is 0. The van der Waals surface area contributed by atoms with Crippen LogP contribution in [0, 0.1) is 0 Å². The van der Waals surface area contributed by atoms with E-state index in [9.17, 15) is 0 Å². The number of aliphatic imine (C=N–C) groups is 1. The van der Waals surface area contributed by atoms with E-state index in [4.69, 9.17) is 0 Å². The fourth-order valence-corrected chi connectivity index (χ4v) is 3.25. The Morgan fingerprint density at radius 1 is 1.23 bits per heavy atom. The fraction of sp³-hybridized carbons (Fsp3) is 0.250. The Morgan fingerprint density at radius 3 is 3.00 bits per heavy atom. The Labute approximate surface area is 171 Å². The second-order valence-corrected chi connectivity index (χ2v) is 6.29. The van der Waals surface area contributed by atoms with Crippen molar-refractivity contribution in [2.24, 2.45) is 4.99 Å². The average molecular weight is 482 g/mol. The molecule has 4 aromatic rings. The maximum atomic E-state index is 4.60. The highest BCUT2D eigenvalue weighted by Crippen LogP contribution is 2.11. The van der Waals surface area contributed by atoms with E-state index in [1.165, 1.54) is 0 Å². The molecule has 0 aliphatic carbocycles. The molecule has 2 N–H and O–H groups in total. The van der Waals surface area contributed by atoms with E-state index in [1.54, 1.807) is 11.3 Å². The van der Waals surface area contributed by atoms with E-state index < -0.39 is 0 Å². The fourth-order valence-electron chi connectivity index (χ4n) is 2.53. The number of guanidine groups is 1. The first-order valence-corrected chi connectivity index (χ1v) is 8.93. The summed E-state index contributed by atoms with van der Waals surface area (Å²) in [4.78, 5) is 10.1. The summed E-state index contributed by atoms with van der Waals surface area (Å²) < 4.78 is 3.97. The number of nitrogens with one attached hydrogen (secondary N) is 2. The lowest BCUT2D eigenvalue weighted by Gasteiger charge is -2.10. The first kappa shape index (κ1) is 18.6. The first-order valence-electron chi connectivity index (χ1n) is 8.05. The van der Waals surface area contributed by atoms with Gasteiger partial charge in [0.05, 0.1) is 18.8 Å². The van der Waals surface area contributed by atoms with Crippen LogP contribution in [0.15, 0.2) is 47.2 Å². The third-order valence-electron chi connectivity index (χ3n) is 3.68. The van der Waals surface area contributed by atoms with Gasteiger partial charge in [-0.15, -0.1) is 45.5 Å². The summed E-state index contributed by atoms with van der Waals surface area (Å²) in [5.74, 6) is 1.57. The maximum absolute atomic E-state index is 4.60. The van der Waals surface area contributed by atoms with Gasteiger partial charge in [-0.2, -0.15) is 0 Å². The van der Waals surface area contributed by atoms with Crippen molar-refractivity contribution in [2.45, 2.75) is 20.0 Å². The molecule has 4 aromatic heterocycles. The van der Waals surface area contributed by atoms with Gasteiger partial charge in [-0.25, -0.2) is 9.98 Å². The number of nitrogens with zero attached hydrogens (tertiary/aromatic N) is 6. The molecule has 0 fully saturated rings. The van der Waals surface area contributed by atoms with Crippen molar-refractivity contribution in [2.75, 3.05) is 6.54 Å². The number of halogens is 1. The molecule has 26 heavy (non-hydrogen) atoms. The van der Waals surface area contributed by atoms with Gasteiger partial charge in [0.15, 0.2) is 22.4 Å². The van der Waals surface area contributed by atoms with Crippen LogP contribution >= 0.6 is 35.3 Å². The van der Waals surface area contributed by atoms with Crippen molar-refractivity contribution in [1.29, 1.82) is 0 Å². The molecule has 0 spiro atoms. The van der Waals surface area contributed by atoms with Gasteiger partial charge in [-0.3, -0.25) is 8.80 Å². The molecule has 0 saturated heterocycles. The highest BCUT2D eigenvalue weighted by Gasteiger charge is 2.06. The summed E-state index contributed by atoms with van der Waals surface area (Å²) in [5, 5.41) is 16.9. The number of aromatic nitrogens is 5. The van der Waals surface area contributed by atoms with Crippen LogP contribution in [0.2, 0.25) is 0 Å². The third-order valence-corrected chi connectivity index (χ3v) is 4.46. The highest BCUT2D eigenvalue weighted by atomic mass is 127. The molecule has 8 nitrogen and oxygen atoms in total. The van der Waals surface area contributed by atoms with Crippen molar-refractivity contribution >= 4 is 51.9 Å². The minimum atomic E-state index is 0. The number of rotatable bonds is 5. The Bertz CT molecular complexity index is 989. The Balaban J connectivity index is 0.00000196. The van der Waals surface area contributed by atoms with Gasteiger partial charge >= 0.3 is 0 Å². The molecule has 0 aromatic carbocycles. The second kappa shape index (κ2) is 8.45. The Morgan fingerprint density at radius 2 is 2.15 bits per heavy atom. The van der Waals surface area contributed by atoms with E-state index in [1.807, 2.05) is 57.9 Å². The lowest BCUT2D eigenvalue weighted by Crippen LogP contribution is -2.37. The number of imidazole rings is 1. The molecule has 4 rings (SSSR count). The minimum Gasteiger partial charge on any atom is -0.357 e. The molecular weight excluding hydrogens is 463 g/mol. The van der Waals surface area contributed by atoms with Crippen LogP contribution in [0.4, 0.5) is 0 Å². The zero-order chi connectivity index (χ0) is 17.1. The van der Waals surface area contributed by atoms with E-state index >= 15 is 0 Å². The average Bonchev–Trinajstić information content (AvgIpc) is 3.32. The van der Waals surface area contributed by atoms with E-state index in [0.29, 0.717) is 13.1 Å². The maximum Gasteiger partial charge on any atom is 0.193 e. The Kier molecular flexibility index (Phi) is 6.04. The van der Waals surface area contributed by atoms with Crippen molar-refractivity contribution in [3.8, 4) is 0 Å². The second-order valence-electron chi connectivity index (χ2n) is 5.42. The van der Waals surface area contributed by atoms with Gasteiger partial charge in [0.2, 0.25) is 0 Å². The molecule has 0 atom stereocenters. The van der Waals surface area contributed by atoms with Gasteiger partial charge in [-0.05, 0) is 19.1 Å². The quantitative estimate of drug-likeness (QED) is 0.259. The van der Waals surface area contributed by atoms with Gasteiger partial charge in [-0.1, -0.05) is 6.07 Å². The van der Waals surface area contributed by atoms with Crippen molar-refractivity contribution in [3.05, 3.63) is 53.7 Å². The molecule has 0 aliphatic heterocycles. The lowest BCUT2D eigenvalue weighted by molar-refractivity contribution is 0.764. The molecular formula is C16H19IN8S. The van der Waals surface area contributed by atoms with Crippen LogP contribution in [0.25, 0.3) is 10.6 Å². The number of hydrogen-bond donors (Lipinski definition) is 2. The predicted molar refractivity (Wildman–Crippen MR) is 113 cm³/mol. The molecule has 0 amide bonds. The number of hydrogen-bond acceptors (Lipinski definition) is 5. The molecule has 4 heterocycles. The third kappa shape index (κ3) is 3.96. The smallest absolute Gasteiger partial charge is 0.193 e. The van der Waals surface area contributed by atoms with Gasteiger partial charge in [0.25, 0.3) is 0 Å². The van der Waals surface area contributed by atoms with Crippen LogP contribution in [0.3, 0.4) is 0 Å². The summed E-state index contributed by atoms with van der Waals surface area (Å²) in [6.07, 6.45) is 5.96. The normalized spacial score (nSPS) is 11.7. The molecule has 0 aliphatic rings. The van der Waals surface area contributed by atoms with Crippen molar-refractivity contribution in [3.63, 3.8) is 0 Å². The first-order chi connectivity index (χ1) is 12.3.